The van der Waals surface area contributed by atoms with Crippen molar-refractivity contribution in [2.75, 3.05) is 13.2 Å². The minimum absolute atomic E-state index is 0.0818. The van der Waals surface area contributed by atoms with Crippen LogP contribution in [-0.4, -0.2) is 52.3 Å². The highest BCUT2D eigenvalue weighted by Gasteiger charge is 2.49. The van der Waals surface area contributed by atoms with Gasteiger partial charge >= 0.3 is 17.6 Å². The summed E-state index contributed by atoms with van der Waals surface area (Å²) in [4.78, 5) is 28.9. The lowest BCUT2D eigenvalue weighted by atomic mass is 10.0. The van der Waals surface area contributed by atoms with Crippen molar-refractivity contribution in [1.82, 2.24) is 4.90 Å². The summed E-state index contributed by atoms with van der Waals surface area (Å²) in [5.41, 5.74) is 8.58. The predicted octanol–water partition coefficient (Wildman–Crippen LogP) is 1.43. The molecule has 128 valence electrons. The van der Waals surface area contributed by atoms with E-state index in [0.717, 1.165) is 5.56 Å². The van der Waals surface area contributed by atoms with Gasteiger partial charge in [0.25, 0.3) is 0 Å². The van der Waals surface area contributed by atoms with Gasteiger partial charge in [-0.2, -0.15) is 4.79 Å². The van der Waals surface area contributed by atoms with Crippen LogP contribution in [0.5, 0.6) is 0 Å². The molecule has 0 bridgehead atoms. The zero-order chi connectivity index (χ0) is 17.7. The molecule has 2 rings (SSSR count). The van der Waals surface area contributed by atoms with E-state index in [1.54, 1.807) is 20.8 Å². The van der Waals surface area contributed by atoms with Crippen molar-refractivity contribution in [2.45, 2.75) is 39.0 Å². The molecule has 0 N–H and O–H groups in total. The molecule has 0 radical (unpaired) electrons. The summed E-state index contributed by atoms with van der Waals surface area (Å²) in [5.74, 6) is -1.66. The van der Waals surface area contributed by atoms with E-state index in [-0.39, 0.29) is 12.6 Å². The van der Waals surface area contributed by atoms with Crippen LogP contribution in [0.2, 0.25) is 0 Å². The first-order valence-electron chi connectivity index (χ1n) is 7.81. The van der Waals surface area contributed by atoms with Crippen LogP contribution in [0.1, 0.15) is 26.3 Å². The summed E-state index contributed by atoms with van der Waals surface area (Å²) in [7, 11) is 0. The number of carbonyl (C=O) groups excluding carboxylic acids is 2. The molecule has 1 aliphatic rings. The topological polar surface area (TPSA) is 92.2 Å². The van der Waals surface area contributed by atoms with Gasteiger partial charge in [-0.05, 0) is 32.8 Å². The summed E-state index contributed by atoms with van der Waals surface area (Å²) in [6, 6.07) is 9.39. The molecule has 1 saturated heterocycles. The molecule has 0 aliphatic carbocycles. The second kappa shape index (κ2) is 7.38. The van der Waals surface area contributed by atoms with Crippen LogP contribution in [0.25, 0.3) is 5.53 Å². The van der Waals surface area contributed by atoms with Crippen LogP contribution in [0, 0.1) is 0 Å². The highest BCUT2D eigenvalue weighted by molar-refractivity contribution is 6.61. The van der Waals surface area contributed by atoms with Crippen molar-refractivity contribution in [1.29, 1.82) is 0 Å². The Kier molecular flexibility index (Phi) is 5.49. The van der Waals surface area contributed by atoms with Crippen LogP contribution in [0.4, 0.5) is 0 Å². The Morgan fingerprint density at radius 1 is 1.38 bits per heavy atom. The van der Waals surface area contributed by atoms with Crippen LogP contribution in [-0.2, 0) is 25.5 Å². The number of amides is 1. The molecule has 24 heavy (non-hydrogen) atoms. The summed E-state index contributed by atoms with van der Waals surface area (Å²) in [6.45, 7) is 5.48. The van der Waals surface area contributed by atoms with Crippen molar-refractivity contribution < 1.29 is 23.9 Å². The zero-order valence-corrected chi connectivity index (χ0v) is 14.1. The molecule has 1 atom stereocenters. The fourth-order valence-electron chi connectivity index (χ4n) is 2.82. The Balaban J connectivity index is 2.27. The fraction of sp³-hybridized carbons (Fsp3) is 0.471. The number of hydrogen-bond acceptors (Lipinski definition) is 4. The number of ether oxygens (including phenoxy) is 2. The highest BCUT2D eigenvalue weighted by atomic mass is 16.5. The minimum Gasteiger partial charge on any atom is -0.457 e. The Morgan fingerprint density at radius 2 is 2.04 bits per heavy atom. The molecular weight excluding hydrogens is 310 g/mol. The highest BCUT2D eigenvalue weighted by Crippen LogP contribution is 2.29. The van der Waals surface area contributed by atoms with Gasteiger partial charge in [-0.15, -0.1) is 0 Å². The molecule has 7 nitrogen and oxygen atoms in total. The molecular formula is C17H21N3O4. The van der Waals surface area contributed by atoms with Crippen molar-refractivity contribution in [3.63, 3.8) is 0 Å². The molecule has 1 fully saturated rings. The van der Waals surface area contributed by atoms with Crippen molar-refractivity contribution >= 4 is 17.6 Å². The normalized spacial score (nSPS) is 18.8. The molecule has 7 heteroatoms. The Hall–Kier alpha value is -2.50. The molecule has 1 aromatic rings. The van der Waals surface area contributed by atoms with E-state index in [9.17, 15) is 9.59 Å². The van der Waals surface area contributed by atoms with E-state index >= 15 is 0 Å². The number of carbonyl (C=O) groups is 2. The Labute approximate surface area is 140 Å². The van der Waals surface area contributed by atoms with E-state index in [4.69, 9.17) is 15.0 Å². The van der Waals surface area contributed by atoms with Crippen molar-refractivity contribution in [3.05, 3.63) is 41.4 Å². The molecule has 0 aromatic heterocycles. The van der Waals surface area contributed by atoms with Gasteiger partial charge < -0.3 is 15.0 Å². The lowest BCUT2D eigenvalue weighted by molar-refractivity contribution is -0.149. The van der Waals surface area contributed by atoms with E-state index in [1.807, 2.05) is 30.3 Å². The summed E-state index contributed by atoms with van der Waals surface area (Å²) in [6.07, 6.45) is 0.567. The van der Waals surface area contributed by atoms with Gasteiger partial charge in [0.2, 0.25) is 0 Å². The van der Waals surface area contributed by atoms with Gasteiger partial charge in [-0.3, -0.25) is 9.69 Å². The fourth-order valence-corrected chi connectivity index (χ4v) is 2.82. The van der Waals surface area contributed by atoms with Crippen LogP contribution >= 0.6 is 0 Å². The largest absolute Gasteiger partial charge is 0.463 e. The standard InChI is InChI=1S/C17H21N3O4/c1-4-23-16(22)14(19-18)15(21)20-13(11-24-17(20,2)3)10-12-8-6-5-7-9-12/h5-9,13H,4,10-11H2,1-3H3/t13-/m0/s1. The third kappa shape index (κ3) is 3.69. The number of esters is 1. The van der Waals surface area contributed by atoms with E-state index in [0.29, 0.717) is 13.0 Å². The minimum atomic E-state index is -0.953. The first kappa shape index (κ1) is 17.8. The molecule has 1 aromatic carbocycles. The van der Waals surface area contributed by atoms with E-state index < -0.39 is 23.3 Å². The predicted molar refractivity (Wildman–Crippen MR) is 86.1 cm³/mol. The van der Waals surface area contributed by atoms with Crippen LogP contribution < -0.4 is 0 Å². The number of nitrogens with zero attached hydrogens (tertiary/aromatic N) is 3. The third-order valence-electron chi connectivity index (χ3n) is 3.88. The first-order valence-corrected chi connectivity index (χ1v) is 7.81. The van der Waals surface area contributed by atoms with Gasteiger partial charge in [-0.1, -0.05) is 30.3 Å². The van der Waals surface area contributed by atoms with Gasteiger partial charge in [-0.25, -0.2) is 4.79 Å². The third-order valence-corrected chi connectivity index (χ3v) is 3.88. The van der Waals surface area contributed by atoms with Crippen LogP contribution in [0.15, 0.2) is 30.3 Å². The van der Waals surface area contributed by atoms with E-state index in [2.05, 4.69) is 4.79 Å². The van der Waals surface area contributed by atoms with Gasteiger partial charge in [0.15, 0.2) is 0 Å². The van der Waals surface area contributed by atoms with Gasteiger partial charge in [0.05, 0.1) is 19.3 Å². The second-order valence-corrected chi connectivity index (χ2v) is 5.95. The van der Waals surface area contributed by atoms with E-state index in [1.165, 1.54) is 4.90 Å². The van der Waals surface area contributed by atoms with Crippen molar-refractivity contribution in [3.8, 4) is 0 Å². The smallest absolute Gasteiger partial charge is 0.457 e. The molecule has 0 saturated carbocycles. The summed E-state index contributed by atoms with van der Waals surface area (Å²) >= 11 is 0. The number of rotatable bonds is 5. The monoisotopic (exact) mass is 331 g/mol. The Bertz CT molecular complexity index is 666. The molecule has 1 amide bonds. The number of hydrogen-bond donors (Lipinski definition) is 0. The lowest BCUT2D eigenvalue weighted by Gasteiger charge is -2.32. The maximum atomic E-state index is 12.8. The van der Waals surface area contributed by atoms with Crippen molar-refractivity contribution in [2.24, 2.45) is 0 Å². The molecule has 1 heterocycles. The zero-order valence-electron chi connectivity index (χ0n) is 14.1. The molecule has 0 spiro atoms. The molecule has 1 aliphatic heterocycles. The summed E-state index contributed by atoms with van der Waals surface area (Å²) < 4.78 is 10.5. The second-order valence-electron chi connectivity index (χ2n) is 5.95. The number of benzene rings is 1. The summed E-state index contributed by atoms with van der Waals surface area (Å²) in [5, 5.41) is 0. The average Bonchev–Trinajstić information content (AvgIpc) is 2.83. The van der Waals surface area contributed by atoms with Crippen LogP contribution in [0.3, 0.4) is 0 Å². The van der Waals surface area contributed by atoms with Gasteiger partial charge in [0, 0.05) is 0 Å². The average molecular weight is 331 g/mol. The maximum Gasteiger partial charge on any atom is 0.463 e. The Morgan fingerprint density at radius 3 is 2.62 bits per heavy atom. The molecule has 0 unspecified atom stereocenters. The lowest BCUT2D eigenvalue weighted by Crippen LogP contribution is -2.53. The van der Waals surface area contributed by atoms with Gasteiger partial charge in [0.1, 0.15) is 5.72 Å². The maximum absolute atomic E-state index is 12.8. The first-order chi connectivity index (χ1) is 11.4. The SMILES string of the molecule is CCOC(=O)C(=[N+]=[N-])C(=O)N1[C@@H](Cc2ccccc2)COC1(C)C. The quantitative estimate of drug-likeness (QED) is 0.268.